The molecule has 0 unspecified atom stereocenters. The van der Waals surface area contributed by atoms with Gasteiger partial charge < -0.3 is 15.4 Å². The molecule has 0 atom stereocenters. The summed E-state index contributed by atoms with van der Waals surface area (Å²) >= 11 is 0. The predicted octanol–water partition coefficient (Wildman–Crippen LogP) is 2.88. The molecule has 0 saturated carbocycles. The summed E-state index contributed by atoms with van der Waals surface area (Å²) in [6, 6.07) is 18.2. The average Bonchev–Trinajstić information content (AvgIpc) is 3.12. The van der Waals surface area contributed by atoms with Crippen LogP contribution in [0.1, 0.15) is 17.0 Å². The molecule has 2 N–H and O–H groups in total. The first-order valence-corrected chi connectivity index (χ1v) is 8.77. The second kappa shape index (κ2) is 11.3. The highest BCUT2D eigenvalue weighted by Gasteiger charge is 2.04. The highest BCUT2D eigenvalue weighted by molar-refractivity contribution is 14.0. The van der Waals surface area contributed by atoms with Crippen molar-refractivity contribution in [3.05, 3.63) is 77.9 Å². The number of aromatic nitrogens is 3. The molecule has 148 valence electrons. The number of hydrogen-bond acceptors (Lipinski definition) is 4. The van der Waals surface area contributed by atoms with Gasteiger partial charge in [0.05, 0.1) is 6.54 Å². The van der Waals surface area contributed by atoms with Crippen LogP contribution in [0.25, 0.3) is 0 Å². The van der Waals surface area contributed by atoms with E-state index in [4.69, 9.17) is 4.74 Å². The molecule has 1 aromatic heterocycles. The number of benzene rings is 2. The molecule has 0 aliphatic rings. The van der Waals surface area contributed by atoms with Crippen LogP contribution in [-0.4, -0.2) is 27.8 Å². The van der Waals surface area contributed by atoms with Gasteiger partial charge in [0.1, 0.15) is 24.5 Å². The van der Waals surface area contributed by atoms with Crippen molar-refractivity contribution in [3.8, 4) is 5.75 Å². The molecular weight excluding hydrogens is 467 g/mol. The van der Waals surface area contributed by atoms with Gasteiger partial charge in [-0.3, -0.25) is 9.67 Å². The minimum atomic E-state index is 0. The van der Waals surface area contributed by atoms with Gasteiger partial charge in [0.25, 0.3) is 0 Å². The number of ether oxygens (including phenoxy) is 1. The van der Waals surface area contributed by atoms with E-state index in [1.54, 1.807) is 11.7 Å². The Balaban J connectivity index is 0.00000280. The first-order chi connectivity index (χ1) is 13.2. The molecule has 3 aromatic rings. The van der Waals surface area contributed by atoms with Crippen LogP contribution in [-0.2, 0) is 26.7 Å². The third-order valence-electron chi connectivity index (χ3n) is 4.05. The summed E-state index contributed by atoms with van der Waals surface area (Å²) in [4.78, 5) is 8.42. The summed E-state index contributed by atoms with van der Waals surface area (Å²) in [6.07, 6.45) is 1.54. The van der Waals surface area contributed by atoms with Crippen molar-refractivity contribution in [2.75, 3.05) is 7.05 Å². The molecule has 0 radical (unpaired) electrons. The Hall–Kier alpha value is -2.62. The number of aryl methyl sites for hydroxylation is 1. The lowest BCUT2D eigenvalue weighted by Crippen LogP contribution is -2.36. The fraction of sp³-hybridized carbons (Fsp3) is 0.250. The maximum atomic E-state index is 5.88. The van der Waals surface area contributed by atoms with Crippen molar-refractivity contribution >= 4 is 29.9 Å². The molecular formula is C20H25IN6O. The van der Waals surface area contributed by atoms with Crippen LogP contribution < -0.4 is 15.4 Å². The van der Waals surface area contributed by atoms with Gasteiger partial charge in [-0.05, 0) is 23.3 Å². The van der Waals surface area contributed by atoms with Crippen LogP contribution in [0, 0.1) is 0 Å². The molecule has 0 bridgehead atoms. The third-order valence-corrected chi connectivity index (χ3v) is 4.05. The number of aliphatic imine (C=N–C) groups is 1. The van der Waals surface area contributed by atoms with E-state index in [1.165, 1.54) is 6.33 Å². The summed E-state index contributed by atoms with van der Waals surface area (Å²) in [7, 11) is 3.60. The molecule has 0 aliphatic heterocycles. The molecule has 3 rings (SSSR count). The lowest BCUT2D eigenvalue weighted by Gasteiger charge is -2.12. The van der Waals surface area contributed by atoms with Gasteiger partial charge in [-0.25, -0.2) is 4.98 Å². The second-order valence-electron chi connectivity index (χ2n) is 6.00. The zero-order valence-electron chi connectivity index (χ0n) is 16.0. The van der Waals surface area contributed by atoms with Crippen molar-refractivity contribution in [2.24, 2.45) is 12.0 Å². The van der Waals surface area contributed by atoms with Crippen LogP contribution in [0.15, 0.2) is 65.9 Å². The molecule has 0 saturated heterocycles. The van der Waals surface area contributed by atoms with Crippen molar-refractivity contribution in [3.63, 3.8) is 0 Å². The van der Waals surface area contributed by atoms with Crippen LogP contribution in [0.2, 0.25) is 0 Å². The Labute approximate surface area is 182 Å². The normalized spacial score (nSPS) is 10.9. The van der Waals surface area contributed by atoms with Gasteiger partial charge in [-0.1, -0.05) is 42.5 Å². The Morgan fingerprint density at radius 3 is 2.50 bits per heavy atom. The largest absolute Gasteiger partial charge is 0.489 e. The minimum Gasteiger partial charge on any atom is -0.489 e. The molecule has 2 aromatic carbocycles. The molecule has 0 amide bonds. The van der Waals surface area contributed by atoms with E-state index >= 15 is 0 Å². The smallest absolute Gasteiger partial charge is 0.191 e. The Kier molecular flexibility index (Phi) is 8.73. The summed E-state index contributed by atoms with van der Waals surface area (Å²) in [5, 5.41) is 10.6. The number of nitrogens with one attached hydrogen (secondary N) is 2. The van der Waals surface area contributed by atoms with Gasteiger partial charge in [0.15, 0.2) is 5.96 Å². The molecule has 1 heterocycles. The zero-order valence-corrected chi connectivity index (χ0v) is 18.3. The fourth-order valence-electron chi connectivity index (χ4n) is 2.54. The Morgan fingerprint density at radius 2 is 1.79 bits per heavy atom. The SMILES string of the molecule is CN=C(NCc1cccc(OCc2ccccc2)c1)NCc1ncnn1C.I. The van der Waals surface area contributed by atoms with Crippen LogP contribution in [0.3, 0.4) is 0 Å². The van der Waals surface area contributed by atoms with Crippen molar-refractivity contribution in [1.82, 2.24) is 25.4 Å². The highest BCUT2D eigenvalue weighted by Crippen LogP contribution is 2.15. The standard InChI is InChI=1S/C20H24N6O.HI/c1-21-20(23-13-19-24-15-25-26(19)2)22-12-17-9-6-10-18(11-17)27-14-16-7-4-3-5-8-16;/h3-11,15H,12-14H2,1-2H3,(H2,21,22,23);1H. The molecule has 7 nitrogen and oxygen atoms in total. The molecule has 28 heavy (non-hydrogen) atoms. The van der Waals surface area contributed by atoms with E-state index in [0.29, 0.717) is 25.7 Å². The monoisotopic (exact) mass is 492 g/mol. The van der Waals surface area contributed by atoms with Crippen molar-refractivity contribution in [1.29, 1.82) is 0 Å². The first kappa shape index (κ1) is 21.7. The van der Waals surface area contributed by atoms with E-state index in [2.05, 4.69) is 43.9 Å². The topological polar surface area (TPSA) is 76.4 Å². The van der Waals surface area contributed by atoms with E-state index in [-0.39, 0.29) is 24.0 Å². The molecule has 8 heteroatoms. The zero-order chi connectivity index (χ0) is 18.9. The first-order valence-electron chi connectivity index (χ1n) is 8.77. The lowest BCUT2D eigenvalue weighted by atomic mass is 10.2. The van der Waals surface area contributed by atoms with Gasteiger partial charge in [-0.2, -0.15) is 5.10 Å². The summed E-state index contributed by atoms with van der Waals surface area (Å²) in [5.74, 6) is 2.39. The number of nitrogens with zero attached hydrogens (tertiary/aromatic N) is 4. The average molecular weight is 492 g/mol. The van der Waals surface area contributed by atoms with E-state index < -0.39 is 0 Å². The van der Waals surface area contributed by atoms with E-state index in [0.717, 1.165) is 22.7 Å². The van der Waals surface area contributed by atoms with Crippen LogP contribution >= 0.6 is 24.0 Å². The van der Waals surface area contributed by atoms with E-state index in [9.17, 15) is 0 Å². The quantitative estimate of drug-likeness (QED) is 0.302. The number of halogens is 1. The maximum absolute atomic E-state index is 5.88. The van der Waals surface area contributed by atoms with Gasteiger partial charge in [0.2, 0.25) is 0 Å². The van der Waals surface area contributed by atoms with Gasteiger partial charge >= 0.3 is 0 Å². The maximum Gasteiger partial charge on any atom is 0.191 e. The van der Waals surface area contributed by atoms with Crippen LogP contribution in [0.5, 0.6) is 5.75 Å². The lowest BCUT2D eigenvalue weighted by molar-refractivity contribution is 0.306. The van der Waals surface area contributed by atoms with Gasteiger partial charge in [0, 0.05) is 20.6 Å². The minimum absolute atomic E-state index is 0. The van der Waals surface area contributed by atoms with Crippen molar-refractivity contribution in [2.45, 2.75) is 19.7 Å². The Morgan fingerprint density at radius 1 is 1.04 bits per heavy atom. The van der Waals surface area contributed by atoms with Crippen molar-refractivity contribution < 1.29 is 4.74 Å². The number of hydrogen-bond donors (Lipinski definition) is 2. The molecule has 0 aliphatic carbocycles. The molecule has 0 spiro atoms. The summed E-state index contributed by atoms with van der Waals surface area (Å²) < 4.78 is 7.61. The summed E-state index contributed by atoms with van der Waals surface area (Å²) in [5.41, 5.74) is 2.26. The Bertz CT molecular complexity index is 881. The van der Waals surface area contributed by atoms with Gasteiger partial charge in [-0.15, -0.1) is 24.0 Å². The summed E-state index contributed by atoms with van der Waals surface area (Å²) in [6.45, 7) is 1.75. The third kappa shape index (κ3) is 6.52. The highest BCUT2D eigenvalue weighted by atomic mass is 127. The number of guanidine groups is 1. The van der Waals surface area contributed by atoms with Crippen LogP contribution in [0.4, 0.5) is 0 Å². The predicted molar refractivity (Wildman–Crippen MR) is 121 cm³/mol. The molecule has 0 fully saturated rings. The second-order valence-corrected chi connectivity index (χ2v) is 6.00. The van der Waals surface area contributed by atoms with E-state index in [1.807, 2.05) is 43.4 Å². The fourth-order valence-corrected chi connectivity index (χ4v) is 2.54. The number of rotatable bonds is 7.